The largest absolute Gasteiger partial charge is 0.456 e. The molecule has 3 N–H and O–H groups in total. The summed E-state index contributed by atoms with van der Waals surface area (Å²) < 4.78 is 17.4. The highest BCUT2D eigenvalue weighted by Crippen LogP contribution is 2.34. The van der Waals surface area contributed by atoms with Gasteiger partial charge >= 0.3 is 5.97 Å². The molecule has 7 heteroatoms. The first-order valence-electron chi connectivity index (χ1n) is 12.1. The molecule has 0 saturated heterocycles. The smallest absolute Gasteiger partial charge is 0.338 e. The quantitative estimate of drug-likeness (QED) is 0.426. The standard InChI is InChI=1S/C27H42O7/c1-7-18(16-28)11-17(2)23-14-21(32-5)15-24(33-6)27(3,4)20-10-8-9-19(12-20)13-22(29)25(30)26(31)34-23/h8-12,18,21-25,28-30H,7,13-16H2,1-6H3/b17-11-/t18-,21-,22-,23+,24+,25+/m1/s1. The summed E-state index contributed by atoms with van der Waals surface area (Å²) >= 11 is 0. The Morgan fingerprint density at radius 1 is 1.24 bits per heavy atom. The van der Waals surface area contributed by atoms with Gasteiger partial charge in [0.15, 0.2) is 6.10 Å². The van der Waals surface area contributed by atoms with E-state index in [1.165, 1.54) is 0 Å². The van der Waals surface area contributed by atoms with Gasteiger partial charge in [-0.1, -0.05) is 51.1 Å². The van der Waals surface area contributed by atoms with Gasteiger partial charge in [-0.15, -0.1) is 0 Å². The topological polar surface area (TPSA) is 105 Å². The van der Waals surface area contributed by atoms with Gasteiger partial charge in [0.05, 0.1) is 18.3 Å². The molecule has 0 aromatic heterocycles. The van der Waals surface area contributed by atoms with Crippen molar-refractivity contribution in [3.8, 4) is 0 Å². The minimum absolute atomic E-state index is 0.0127. The average molecular weight is 479 g/mol. The van der Waals surface area contributed by atoms with E-state index in [1.54, 1.807) is 14.2 Å². The van der Waals surface area contributed by atoms with Crippen molar-refractivity contribution >= 4 is 5.97 Å². The summed E-state index contributed by atoms with van der Waals surface area (Å²) in [5.74, 6) is -0.951. The third-order valence-electron chi connectivity index (χ3n) is 7.12. The number of hydrogen-bond donors (Lipinski definition) is 3. The van der Waals surface area contributed by atoms with Crippen LogP contribution in [0.25, 0.3) is 0 Å². The second-order valence-corrected chi connectivity index (χ2v) is 9.88. The molecular weight excluding hydrogens is 436 g/mol. The third-order valence-corrected chi connectivity index (χ3v) is 7.12. The fourth-order valence-electron chi connectivity index (χ4n) is 4.56. The first-order valence-corrected chi connectivity index (χ1v) is 12.1. The van der Waals surface area contributed by atoms with Crippen LogP contribution < -0.4 is 0 Å². The Hall–Kier alpha value is -1.77. The molecule has 0 radical (unpaired) electrons. The molecule has 34 heavy (non-hydrogen) atoms. The minimum atomic E-state index is -1.68. The predicted molar refractivity (Wildman–Crippen MR) is 131 cm³/mol. The second-order valence-electron chi connectivity index (χ2n) is 9.88. The zero-order valence-electron chi connectivity index (χ0n) is 21.4. The highest BCUT2D eigenvalue weighted by atomic mass is 16.6. The molecule has 0 saturated carbocycles. The molecule has 7 nitrogen and oxygen atoms in total. The number of fused-ring (bicyclic) bond motifs is 2. The molecule has 2 bridgehead atoms. The van der Waals surface area contributed by atoms with E-state index in [2.05, 4.69) is 13.8 Å². The summed E-state index contributed by atoms with van der Waals surface area (Å²) in [6, 6.07) is 7.78. The van der Waals surface area contributed by atoms with Crippen molar-refractivity contribution in [3.63, 3.8) is 0 Å². The number of aliphatic hydroxyl groups excluding tert-OH is 3. The molecule has 6 atom stereocenters. The lowest BCUT2D eigenvalue weighted by Gasteiger charge is -2.37. The van der Waals surface area contributed by atoms with Crippen molar-refractivity contribution in [1.82, 2.24) is 0 Å². The fourth-order valence-corrected chi connectivity index (χ4v) is 4.56. The number of methoxy groups -OCH3 is 2. The number of carbonyl (C=O) groups is 1. The Kier molecular flexibility index (Phi) is 10.7. The fraction of sp³-hybridized carbons (Fsp3) is 0.667. The molecular formula is C27H42O7. The number of benzene rings is 1. The van der Waals surface area contributed by atoms with E-state index in [0.717, 1.165) is 23.1 Å². The van der Waals surface area contributed by atoms with Gasteiger partial charge in [0.25, 0.3) is 0 Å². The van der Waals surface area contributed by atoms with E-state index in [9.17, 15) is 20.1 Å². The Labute approximate surface area is 203 Å². The monoisotopic (exact) mass is 478 g/mol. The van der Waals surface area contributed by atoms with Crippen molar-refractivity contribution < 1.29 is 34.3 Å². The average Bonchev–Trinajstić information content (AvgIpc) is 2.82. The predicted octanol–water partition coefficient (Wildman–Crippen LogP) is 2.93. The van der Waals surface area contributed by atoms with Crippen LogP contribution in [0.2, 0.25) is 0 Å². The Bertz CT molecular complexity index is 815. The highest BCUT2D eigenvalue weighted by Gasteiger charge is 2.36. The number of cyclic esters (lactones) is 1. The third kappa shape index (κ3) is 7.12. The van der Waals surface area contributed by atoms with Gasteiger partial charge < -0.3 is 29.5 Å². The second kappa shape index (κ2) is 12.8. The maximum absolute atomic E-state index is 12.8. The highest BCUT2D eigenvalue weighted by molar-refractivity contribution is 5.75. The van der Waals surface area contributed by atoms with E-state index in [0.29, 0.717) is 12.8 Å². The van der Waals surface area contributed by atoms with Crippen LogP contribution >= 0.6 is 0 Å². The number of rotatable bonds is 6. The van der Waals surface area contributed by atoms with Crippen molar-refractivity contribution in [2.45, 2.75) is 89.3 Å². The van der Waals surface area contributed by atoms with E-state index >= 15 is 0 Å². The van der Waals surface area contributed by atoms with Gasteiger partial charge in [-0.3, -0.25) is 0 Å². The van der Waals surface area contributed by atoms with Crippen molar-refractivity contribution in [2.75, 3.05) is 20.8 Å². The van der Waals surface area contributed by atoms with Crippen LogP contribution in [0, 0.1) is 5.92 Å². The minimum Gasteiger partial charge on any atom is -0.456 e. The summed E-state index contributed by atoms with van der Waals surface area (Å²) in [5.41, 5.74) is 2.25. The van der Waals surface area contributed by atoms with Crippen molar-refractivity contribution in [1.29, 1.82) is 0 Å². The normalized spacial score (nSPS) is 29.7. The van der Waals surface area contributed by atoms with Gasteiger partial charge in [0.1, 0.15) is 6.10 Å². The Morgan fingerprint density at radius 3 is 2.53 bits per heavy atom. The molecule has 1 aliphatic rings. The lowest BCUT2D eigenvalue weighted by atomic mass is 9.76. The summed E-state index contributed by atoms with van der Waals surface area (Å²) in [5, 5.41) is 30.8. The molecule has 0 amide bonds. The number of aliphatic hydroxyl groups is 3. The van der Waals surface area contributed by atoms with E-state index in [4.69, 9.17) is 14.2 Å². The summed E-state index contributed by atoms with van der Waals surface area (Å²) in [4.78, 5) is 12.8. The van der Waals surface area contributed by atoms with Crippen LogP contribution in [-0.4, -0.2) is 72.6 Å². The Balaban J connectivity index is 2.50. The zero-order chi connectivity index (χ0) is 25.5. The van der Waals surface area contributed by atoms with Gasteiger partial charge in [0, 0.05) is 51.4 Å². The van der Waals surface area contributed by atoms with E-state index in [1.807, 2.05) is 44.2 Å². The van der Waals surface area contributed by atoms with E-state index in [-0.39, 0.29) is 36.6 Å². The molecule has 0 aliphatic carbocycles. The molecule has 1 heterocycles. The molecule has 0 fully saturated rings. The molecule has 0 unspecified atom stereocenters. The molecule has 0 spiro atoms. The van der Waals surface area contributed by atoms with Crippen molar-refractivity contribution in [2.24, 2.45) is 5.92 Å². The molecule has 192 valence electrons. The van der Waals surface area contributed by atoms with Crippen molar-refractivity contribution in [3.05, 3.63) is 47.0 Å². The van der Waals surface area contributed by atoms with Crippen LogP contribution in [0.15, 0.2) is 35.9 Å². The molecule has 1 aliphatic heterocycles. The number of esters is 1. The zero-order valence-corrected chi connectivity index (χ0v) is 21.4. The molecule has 1 aromatic rings. The SMILES string of the molecule is CC[C@H](/C=C(/C)[C@@H]1C[C@@H](OC)C[C@H](OC)C(C)(C)c2cccc(c2)C[C@@H](O)[C@H](O)C(=O)O1)CO. The molecule has 1 aromatic carbocycles. The maximum Gasteiger partial charge on any atom is 0.338 e. The van der Waals surface area contributed by atoms with Gasteiger partial charge in [-0.05, 0) is 30.0 Å². The summed E-state index contributed by atoms with van der Waals surface area (Å²) in [7, 11) is 3.30. The summed E-state index contributed by atoms with van der Waals surface area (Å²) in [6.45, 7) is 8.03. The van der Waals surface area contributed by atoms with Crippen LogP contribution in [0.3, 0.4) is 0 Å². The Morgan fingerprint density at radius 2 is 1.94 bits per heavy atom. The first kappa shape index (κ1) is 28.5. The van der Waals surface area contributed by atoms with Crippen LogP contribution in [-0.2, 0) is 30.8 Å². The van der Waals surface area contributed by atoms with Crippen LogP contribution in [0.4, 0.5) is 0 Å². The molecule has 2 rings (SSSR count). The summed E-state index contributed by atoms with van der Waals surface area (Å²) in [6.07, 6.45) is -0.486. The maximum atomic E-state index is 12.8. The van der Waals surface area contributed by atoms with Crippen LogP contribution in [0.5, 0.6) is 0 Å². The lowest BCUT2D eigenvalue weighted by Crippen LogP contribution is -2.42. The number of ether oxygens (including phenoxy) is 3. The van der Waals surface area contributed by atoms with Crippen LogP contribution in [0.1, 0.15) is 58.1 Å². The lowest BCUT2D eigenvalue weighted by molar-refractivity contribution is -0.165. The van der Waals surface area contributed by atoms with Gasteiger partial charge in [0.2, 0.25) is 0 Å². The number of hydrogen-bond acceptors (Lipinski definition) is 7. The number of carbonyl (C=O) groups excluding carboxylic acids is 1. The first-order chi connectivity index (χ1) is 16.1. The van der Waals surface area contributed by atoms with Gasteiger partial charge in [-0.25, -0.2) is 4.79 Å². The van der Waals surface area contributed by atoms with Gasteiger partial charge in [-0.2, -0.15) is 0 Å². The van der Waals surface area contributed by atoms with E-state index < -0.39 is 24.3 Å².